The molecule has 18 heavy (non-hydrogen) atoms. The molecule has 1 saturated heterocycles. The zero-order valence-electron chi connectivity index (χ0n) is 11.5. The topological polar surface area (TPSA) is 49.4 Å². The standard InChI is InChI=1S/C14H22N2O2/c1-5-6-7-9-16-10-8-11(17)15-12(13(16)18)14(2,3)4/h1,12H,6-10H2,2-4H3,(H,15,17). The lowest BCUT2D eigenvalue weighted by atomic mass is 9.86. The minimum absolute atomic E-state index is 0.00497. The molecule has 1 aliphatic heterocycles. The molecule has 100 valence electrons. The molecular formula is C14H22N2O2. The van der Waals surface area contributed by atoms with Gasteiger partial charge >= 0.3 is 0 Å². The van der Waals surface area contributed by atoms with Crippen LogP contribution in [0, 0.1) is 17.8 Å². The first-order valence-corrected chi connectivity index (χ1v) is 6.38. The second-order valence-electron chi connectivity index (χ2n) is 5.75. The van der Waals surface area contributed by atoms with Crippen molar-refractivity contribution in [1.82, 2.24) is 10.2 Å². The van der Waals surface area contributed by atoms with Crippen LogP contribution in [0.1, 0.15) is 40.0 Å². The average Bonchev–Trinajstić information content (AvgIpc) is 2.41. The van der Waals surface area contributed by atoms with Gasteiger partial charge in [-0.2, -0.15) is 0 Å². The lowest BCUT2D eigenvalue weighted by Crippen LogP contribution is -2.52. The molecule has 1 aliphatic rings. The van der Waals surface area contributed by atoms with Crippen molar-refractivity contribution in [2.24, 2.45) is 5.41 Å². The van der Waals surface area contributed by atoms with Gasteiger partial charge in [0.25, 0.3) is 0 Å². The molecule has 0 aliphatic carbocycles. The van der Waals surface area contributed by atoms with Crippen LogP contribution in [0.3, 0.4) is 0 Å². The third kappa shape index (κ3) is 3.76. The summed E-state index contributed by atoms with van der Waals surface area (Å²) in [6, 6.07) is -0.446. The van der Waals surface area contributed by atoms with Crippen LogP contribution >= 0.6 is 0 Å². The lowest BCUT2D eigenvalue weighted by molar-refractivity contribution is -0.136. The maximum absolute atomic E-state index is 12.4. The molecule has 0 aromatic heterocycles. The highest BCUT2D eigenvalue weighted by molar-refractivity contribution is 5.90. The molecule has 4 nitrogen and oxygen atoms in total. The molecule has 0 saturated carbocycles. The Labute approximate surface area is 109 Å². The van der Waals surface area contributed by atoms with E-state index in [9.17, 15) is 9.59 Å². The molecule has 0 aromatic rings. The first-order valence-electron chi connectivity index (χ1n) is 6.38. The number of unbranched alkanes of at least 4 members (excludes halogenated alkanes) is 1. The van der Waals surface area contributed by atoms with Gasteiger partial charge in [0.2, 0.25) is 11.8 Å². The van der Waals surface area contributed by atoms with Gasteiger partial charge in [0.15, 0.2) is 0 Å². The van der Waals surface area contributed by atoms with Crippen molar-refractivity contribution in [3.63, 3.8) is 0 Å². The van der Waals surface area contributed by atoms with E-state index >= 15 is 0 Å². The molecule has 1 N–H and O–H groups in total. The molecule has 2 amide bonds. The summed E-state index contributed by atoms with van der Waals surface area (Å²) in [6.45, 7) is 6.99. The maximum atomic E-state index is 12.4. The number of rotatable bonds is 3. The van der Waals surface area contributed by atoms with Crippen LogP contribution in [0.2, 0.25) is 0 Å². The molecule has 1 heterocycles. The Morgan fingerprint density at radius 2 is 2.11 bits per heavy atom. The van der Waals surface area contributed by atoms with Gasteiger partial charge in [-0.3, -0.25) is 9.59 Å². The number of amides is 2. The number of terminal acetylenes is 1. The Balaban J connectivity index is 2.77. The van der Waals surface area contributed by atoms with Crippen LogP contribution in [0.15, 0.2) is 0 Å². The summed E-state index contributed by atoms with van der Waals surface area (Å²) in [7, 11) is 0. The van der Waals surface area contributed by atoms with Crippen molar-refractivity contribution >= 4 is 11.8 Å². The van der Waals surface area contributed by atoms with Crippen molar-refractivity contribution in [1.29, 1.82) is 0 Å². The molecule has 1 atom stereocenters. The van der Waals surface area contributed by atoms with E-state index in [2.05, 4.69) is 11.2 Å². The van der Waals surface area contributed by atoms with Crippen molar-refractivity contribution in [2.75, 3.05) is 13.1 Å². The normalized spacial score (nSPS) is 21.2. The van der Waals surface area contributed by atoms with Gasteiger partial charge in [-0.05, 0) is 11.8 Å². The highest BCUT2D eigenvalue weighted by Crippen LogP contribution is 2.23. The maximum Gasteiger partial charge on any atom is 0.245 e. The number of carbonyl (C=O) groups excluding carboxylic acids is 2. The molecule has 1 fully saturated rings. The minimum atomic E-state index is -0.446. The molecule has 4 heteroatoms. The van der Waals surface area contributed by atoms with Crippen LogP contribution in [-0.2, 0) is 9.59 Å². The smallest absolute Gasteiger partial charge is 0.245 e. The van der Waals surface area contributed by atoms with Gasteiger partial charge in [0.05, 0.1) is 0 Å². The molecule has 1 unspecified atom stereocenters. The fourth-order valence-electron chi connectivity index (χ4n) is 2.01. The highest BCUT2D eigenvalue weighted by atomic mass is 16.2. The van der Waals surface area contributed by atoms with Crippen molar-refractivity contribution in [3.8, 4) is 12.3 Å². The van der Waals surface area contributed by atoms with E-state index in [0.717, 1.165) is 6.42 Å². The predicted octanol–water partition coefficient (Wildman–Crippen LogP) is 1.16. The molecule has 0 radical (unpaired) electrons. The molecule has 0 bridgehead atoms. The fraction of sp³-hybridized carbons (Fsp3) is 0.714. The van der Waals surface area contributed by atoms with Crippen LogP contribution in [0.5, 0.6) is 0 Å². The summed E-state index contributed by atoms with van der Waals surface area (Å²) in [5, 5.41) is 2.82. The predicted molar refractivity (Wildman–Crippen MR) is 70.6 cm³/mol. The van der Waals surface area contributed by atoms with Crippen molar-refractivity contribution < 1.29 is 9.59 Å². The Hall–Kier alpha value is -1.50. The zero-order chi connectivity index (χ0) is 13.8. The number of nitrogens with one attached hydrogen (secondary N) is 1. The largest absolute Gasteiger partial charge is 0.344 e. The third-order valence-corrected chi connectivity index (χ3v) is 3.09. The third-order valence-electron chi connectivity index (χ3n) is 3.09. The first kappa shape index (κ1) is 14.6. The van der Waals surface area contributed by atoms with E-state index in [0.29, 0.717) is 25.9 Å². The summed E-state index contributed by atoms with van der Waals surface area (Å²) in [5.41, 5.74) is -0.276. The van der Waals surface area contributed by atoms with Crippen LogP contribution in [-0.4, -0.2) is 35.8 Å². The van der Waals surface area contributed by atoms with Crippen LogP contribution in [0.4, 0.5) is 0 Å². The van der Waals surface area contributed by atoms with E-state index in [1.54, 1.807) is 4.90 Å². The average molecular weight is 250 g/mol. The first-order chi connectivity index (χ1) is 8.36. The summed E-state index contributed by atoms with van der Waals surface area (Å²) < 4.78 is 0. The second kappa shape index (κ2) is 5.90. The van der Waals surface area contributed by atoms with Gasteiger partial charge < -0.3 is 10.2 Å². The van der Waals surface area contributed by atoms with E-state index in [1.165, 1.54) is 0 Å². The van der Waals surface area contributed by atoms with Crippen LogP contribution in [0.25, 0.3) is 0 Å². The van der Waals surface area contributed by atoms with E-state index in [1.807, 2.05) is 20.8 Å². The Bertz CT molecular complexity index is 363. The molecular weight excluding hydrogens is 228 g/mol. The minimum Gasteiger partial charge on any atom is -0.344 e. The second-order valence-corrected chi connectivity index (χ2v) is 5.75. The Morgan fingerprint density at radius 1 is 1.44 bits per heavy atom. The van der Waals surface area contributed by atoms with Crippen LogP contribution < -0.4 is 5.32 Å². The highest BCUT2D eigenvalue weighted by Gasteiger charge is 2.37. The van der Waals surface area contributed by atoms with E-state index < -0.39 is 6.04 Å². The monoisotopic (exact) mass is 250 g/mol. The molecule has 0 aromatic carbocycles. The fourth-order valence-corrected chi connectivity index (χ4v) is 2.01. The van der Waals surface area contributed by atoms with Gasteiger partial charge in [0.1, 0.15) is 6.04 Å². The zero-order valence-corrected chi connectivity index (χ0v) is 11.5. The van der Waals surface area contributed by atoms with Gasteiger partial charge in [-0.25, -0.2) is 0 Å². The Morgan fingerprint density at radius 3 is 2.67 bits per heavy atom. The number of hydrogen-bond acceptors (Lipinski definition) is 2. The van der Waals surface area contributed by atoms with Gasteiger partial charge in [-0.15, -0.1) is 12.3 Å². The summed E-state index contributed by atoms with van der Waals surface area (Å²) >= 11 is 0. The van der Waals surface area contributed by atoms with Crippen molar-refractivity contribution in [3.05, 3.63) is 0 Å². The van der Waals surface area contributed by atoms with E-state index in [-0.39, 0.29) is 17.2 Å². The Kier molecular flexibility index (Phi) is 4.77. The molecule has 0 spiro atoms. The number of nitrogens with zero attached hydrogens (tertiary/aromatic N) is 1. The summed E-state index contributed by atoms with van der Waals surface area (Å²) in [5.74, 6) is 2.52. The van der Waals surface area contributed by atoms with E-state index in [4.69, 9.17) is 6.42 Å². The number of carbonyl (C=O) groups is 2. The SMILES string of the molecule is C#CCCCN1CCC(=O)NC(C(C)(C)C)C1=O. The summed E-state index contributed by atoms with van der Waals surface area (Å²) in [4.78, 5) is 25.8. The van der Waals surface area contributed by atoms with Gasteiger partial charge in [0, 0.05) is 25.9 Å². The number of hydrogen-bond donors (Lipinski definition) is 1. The molecule has 1 rings (SSSR count). The van der Waals surface area contributed by atoms with Crippen molar-refractivity contribution in [2.45, 2.75) is 46.1 Å². The van der Waals surface area contributed by atoms with Gasteiger partial charge in [-0.1, -0.05) is 20.8 Å². The summed E-state index contributed by atoms with van der Waals surface area (Å²) in [6.07, 6.45) is 7.02. The lowest BCUT2D eigenvalue weighted by Gasteiger charge is -2.32. The quantitative estimate of drug-likeness (QED) is 0.603.